The Morgan fingerprint density at radius 2 is 1.65 bits per heavy atom. The van der Waals surface area contributed by atoms with Crippen molar-refractivity contribution in [2.45, 2.75) is 69.6 Å². The highest BCUT2D eigenvalue weighted by Gasteiger charge is 2.59. The first-order valence-corrected chi connectivity index (χ1v) is 6.60. The molecule has 0 aromatic carbocycles. The molecule has 2 nitrogen and oxygen atoms in total. The van der Waals surface area contributed by atoms with Crippen LogP contribution in [0.1, 0.15) is 39.0 Å². The Hall–Kier alpha value is -0.500. The van der Waals surface area contributed by atoms with Crippen LogP contribution in [0.25, 0.3) is 0 Å². The molecule has 0 amide bonds. The second-order valence-electron chi connectivity index (χ2n) is 5.27. The summed E-state index contributed by atoms with van der Waals surface area (Å²) < 4.78 is 79.1. The van der Waals surface area contributed by atoms with Gasteiger partial charge in [-0.3, -0.25) is 0 Å². The molecule has 120 valence electrons. The van der Waals surface area contributed by atoms with Crippen LogP contribution in [-0.2, 0) is 4.74 Å². The van der Waals surface area contributed by atoms with Gasteiger partial charge in [-0.2, -0.15) is 26.3 Å². The van der Waals surface area contributed by atoms with Crippen LogP contribution in [0.2, 0.25) is 0 Å². The average Bonchev–Trinajstić information content (AvgIpc) is 2.26. The molecule has 3 unspecified atom stereocenters. The molecule has 0 spiro atoms. The summed E-state index contributed by atoms with van der Waals surface area (Å²) in [6.45, 7) is 1.92. The molecule has 2 N–H and O–H groups in total. The molecule has 0 aliphatic heterocycles. The Morgan fingerprint density at radius 3 is 2.10 bits per heavy atom. The first-order valence-electron chi connectivity index (χ1n) is 6.60. The van der Waals surface area contributed by atoms with E-state index in [2.05, 4.69) is 4.74 Å². The minimum Gasteiger partial charge on any atom is -0.356 e. The lowest BCUT2D eigenvalue weighted by molar-refractivity contribution is -0.334. The van der Waals surface area contributed by atoms with E-state index < -0.39 is 30.6 Å². The number of rotatable bonds is 4. The van der Waals surface area contributed by atoms with Crippen LogP contribution in [0.15, 0.2) is 0 Å². The van der Waals surface area contributed by atoms with Gasteiger partial charge in [0, 0.05) is 6.04 Å². The normalized spacial score (nSPS) is 28.9. The number of alkyl halides is 6. The van der Waals surface area contributed by atoms with Gasteiger partial charge in [0.2, 0.25) is 6.10 Å². The SMILES string of the molecule is CCCC1CCC(N)C(OC(C(F)(F)F)C(F)(F)F)C1. The van der Waals surface area contributed by atoms with E-state index in [1.807, 2.05) is 6.92 Å². The number of halogens is 6. The van der Waals surface area contributed by atoms with E-state index in [0.29, 0.717) is 6.42 Å². The van der Waals surface area contributed by atoms with Gasteiger partial charge in [0.05, 0.1) is 6.10 Å². The maximum Gasteiger partial charge on any atom is 0.423 e. The Morgan fingerprint density at radius 1 is 1.10 bits per heavy atom. The Bertz CT molecular complexity index is 289. The molecule has 0 saturated heterocycles. The van der Waals surface area contributed by atoms with E-state index in [1.165, 1.54) is 0 Å². The van der Waals surface area contributed by atoms with E-state index in [-0.39, 0.29) is 12.3 Å². The highest BCUT2D eigenvalue weighted by Crippen LogP contribution is 2.39. The summed E-state index contributed by atoms with van der Waals surface area (Å²) >= 11 is 0. The van der Waals surface area contributed by atoms with E-state index in [0.717, 1.165) is 19.3 Å². The molecule has 1 fully saturated rings. The Balaban J connectivity index is 2.76. The number of nitrogens with two attached hydrogens (primary N) is 1. The summed E-state index contributed by atoms with van der Waals surface area (Å²) in [5.74, 6) is 0.0758. The third kappa shape index (κ3) is 4.80. The van der Waals surface area contributed by atoms with Gasteiger partial charge >= 0.3 is 12.4 Å². The maximum absolute atomic E-state index is 12.5. The van der Waals surface area contributed by atoms with Gasteiger partial charge < -0.3 is 10.5 Å². The van der Waals surface area contributed by atoms with Crippen molar-refractivity contribution in [3.8, 4) is 0 Å². The lowest BCUT2D eigenvalue weighted by Crippen LogP contribution is -2.51. The van der Waals surface area contributed by atoms with E-state index >= 15 is 0 Å². The summed E-state index contributed by atoms with van der Waals surface area (Å²) in [6.07, 6.45) is -13.1. The molecule has 0 radical (unpaired) electrons. The number of hydrogen-bond acceptors (Lipinski definition) is 2. The second-order valence-corrected chi connectivity index (χ2v) is 5.27. The quantitative estimate of drug-likeness (QED) is 0.802. The van der Waals surface area contributed by atoms with Gasteiger partial charge in [0.25, 0.3) is 0 Å². The summed E-state index contributed by atoms with van der Waals surface area (Å²) in [6, 6.07) is -0.782. The predicted molar refractivity (Wildman–Crippen MR) is 61.0 cm³/mol. The van der Waals surface area contributed by atoms with Crippen LogP contribution >= 0.6 is 0 Å². The fraction of sp³-hybridized carbons (Fsp3) is 1.00. The van der Waals surface area contributed by atoms with Gasteiger partial charge in [-0.15, -0.1) is 0 Å². The summed E-state index contributed by atoms with van der Waals surface area (Å²) in [4.78, 5) is 0. The standard InChI is InChI=1S/C12H19F6NO/c1-2-3-7-4-5-8(19)9(6-7)20-10(11(13,14)15)12(16,17)18/h7-10H,2-6,19H2,1H3. The molecule has 0 aromatic heterocycles. The van der Waals surface area contributed by atoms with Crippen molar-refractivity contribution in [3.63, 3.8) is 0 Å². The number of hydrogen-bond donors (Lipinski definition) is 1. The molecule has 0 aromatic rings. The van der Waals surface area contributed by atoms with Crippen LogP contribution < -0.4 is 5.73 Å². The largest absolute Gasteiger partial charge is 0.423 e. The molecule has 0 bridgehead atoms. The van der Waals surface area contributed by atoms with Gasteiger partial charge in [0.15, 0.2) is 0 Å². The minimum absolute atomic E-state index is 0.0758. The van der Waals surface area contributed by atoms with E-state index in [9.17, 15) is 26.3 Å². The number of ether oxygens (including phenoxy) is 1. The maximum atomic E-state index is 12.5. The van der Waals surface area contributed by atoms with E-state index in [1.54, 1.807) is 0 Å². The lowest BCUT2D eigenvalue weighted by atomic mass is 9.82. The zero-order valence-electron chi connectivity index (χ0n) is 11.1. The lowest BCUT2D eigenvalue weighted by Gasteiger charge is -2.37. The highest BCUT2D eigenvalue weighted by molar-refractivity contribution is 4.87. The van der Waals surface area contributed by atoms with Crippen molar-refractivity contribution in [3.05, 3.63) is 0 Å². The van der Waals surface area contributed by atoms with Gasteiger partial charge in [-0.05, 0) is 25.2 Å². The predicted octanol–water partition coefficient (Wildman–Crippen LogP) is 3.79. The monoisotopic (exact) mass is 307 g/mol. The van der Waals surface area contributed by atoms with Gasteiger partial charge in [-0.1, -0.05) is 19.8 Å². The van der Waals surface area contributed by atoms with Crippen molar-refractivity contribution in [1.82, 2.24) is 0 Å². The van der Waals surface area contributed by atoms with Crippen molar-refractivity contribution in [1.29, 1.82) is 0 Å². The molecule has 8 heteroatoms. The molecule has 1 saturated carbocycles. The molecule has 1 aliphatic carbocycles. The zero-order chi connectivity index (χ0) is 15.6. The topological polar surface area (TPSA) is 35.2 Å². The third-order valence-electron chi connectivity index (χ3n) is 3.55. The molecular weight excluding hydrogens is 288 g/mol. The Labute approximate surface area is 113 Å². The minimum atomic E-state index is -5.48. The molecule has 0 heterocycles. The van der Waals surface area contributed by atoms with Gasteiger partial charge in [-0.25, -0.2) is 0 Å². The van der Waals surface area contributed by atoms with E-state index in [4.69, 9.17) is 5.73 Å². The molecule has 3 atom stereocenters. The van der Waals surface area contributed by atoms with Crippen molar-refractivity contribution in [2.75, 3.05) is 0 Å². The summed E-state index contributed by atoms with van der Waals surface area (Å²) in [5.41, 5.74) is 5.61. The third-order valence-corrected chi connectivity index (χ3v) is 3.55. The smallest absolute Gasteiger partial charge is 0.356 e. The fourth-order valence-corrected chi connectivity index (χ4v) is 2.58. The first-order chi connectivity index (χ1) is 9.05. The van der Waals surface area contributed by atoms with Crippen LogP contribution in [0.5, 0.6) is 0 Å². The fourth-order valence-electron chi connectivity index (χ4n) is 2.58. The molecule has 20 heavy (non-hydrogen) atoms. The van der Waals surface area contributed by atoms with Crippen LogP contribution in [-0.4, -0.2) is 30.6 Å². The van der Waals surface area contributed by atoms with Crippen molar-refractivity contribution in [2.24, 2.45) is 11.7 Å². The first kappa shape index (κ1) is 17.6. The second kappa shape index (κ2) is 6.51. The van der Waals surface area contributed by atoms with Crippen LogP contribution in [0.3, 0.4) is 0 Å². The molecule has 1 rings (SSSR count). The molecular formula is C12H19F6NO. The summed E-state index contributed by atoms with van der Waals surface area (Å²) in [5, 5.41) is 0. The molecule has 1 aliphatic rings. The highest BCUT2D eigenvalue weighted by atomic mass is 19.4. The Kier molecular flexibility index (Phi) is 5.71. The van der Waals surface area contributed by atoms with Crippen LogP contribution in [0, 0.1) is 5.92 Å². The van der Waals surface area contributed by atoms with Crippen molar-refractivity contribution >= 4 is 0 Å². The summed E-state index contributed by atoms with van der Waals surface area (Å²) in [7, 11) is 0. The van der Waals surface area contributed by atoms with Crippen LogP contribution in [0.4, 0.5) is 26.3 Å². The van der Waals surface area contributed by atoms with Gasteiger partial charge in [0.1, 0.15) is 0 Å². The average molecular weight is 307 g/mol. The van der Waals surface area contributed by atoms with Crippen molar-refractivity contribution < 1.29 is 31.1 Å². The zero-order valence-corrected chi connectivity index (χ0v) is 11.1.